The Labute approximate surface area is 193 Å². The number of benzene rings is 3. The van der Waals surface area contributed by atoms with Crippen LogP contribution in [0.25, 0.3) is 0 Å². The molecule has 0 radical (unpaired) electrons. The van der Waals surface area contributed by atoms with E-state index in [1.807, 2.05) is 54.6 Å². The van der Waals surface area contributed by atoms with E-state index in [-0.39, 0.29) is 17.2 Å². The first-order chi connectivity index (χ1) is 15.4. The molecule has 0 fully saturated rings. The average Bonchev–Trinajstić information content (AvgIpc) is 2.80. The van der Waals surface area contributed by atoms with Crippen molar-refractivity contribution in [3.63, 3.8) is 0 Å². The minimum absolute atomic E-state index is 0.0472. The third-order valence-corrected chi connectivity index (χ3v) is 6.63. The van der Waals surface area contributed by atoms with Crippen LogP contribution in [-0.2, 0) is 27.7 Å². The molecule has 6 nitrogen and oxygen atoms in total. The Kier molecular flexibility index (Phi) is 8.27. The standard InChI is InChI=1S/C24H25ClN2O4S/c1-31-21-11-7-18(8-12-21)15-16-26-24(28)23(17-19-5-3-2-4-6-19)27-32(29,30)22-13-9-20(25)10-14-22/h2-14,23,27H,15-17H2,1H3,(H,26,28). The number of carbonyl (C=O) groups excluding carboxylic acids is 1. The number of rotatable bonds is 10. The van der Waals surface area contributed by atoms with E-state index in [0.717, 1.165) is 16.9 Å². The molecule has 0 heterocycles. The van der Waals surface area contributed by atoms with Crippen molar-refractivity contribution >= 4 is 27.5 Å². The maximum atomic E-state index is 12.9. The minimum Gasteiger partial charge on any atom is -0.497 e. The van der Waals surface area contributed by atoms with Gasteiger partial charge in [-0.3, -0.25) is 4.79 Å². The van der Waals surface area contributed by atoms with Crippen molar-refractivity contribution in [3.8, 4) is 5.75 Å². The summed E-state index contributed by atoms with van der Waals surface area (Å²) in [7, 11) is -2.31. The van der Waals surface area contributed by atoms with Crippen LogP contribution >= 0.6 is 11.6 Å². The second-order valence-corrected chi connectivity index (χ2v) is 9.36. The Bertz CT molecular complexity index is 1120. The highest BCUT2D eigenvalue weighted by atomic mass is 35.5. The van der Waals surface area contributed by atoms with Crippen LogP contribution in [0.3, 0.4) is 0 Å². The van der Waals surface area contributed by atoms with E-state index < -0.39 is 16.1 Å². The molecule has 168 valence electrons. The van der Waals surface area contributed by atoms with Crippen LogP contribution in [-0.4, -0.2) is 34.0 Å². The van der Waals surface area contributed by atoms with E-state index in [9.17, 15) is 13.2 Å². The minimum atomic E-state index is -3.91. The lowest BCUT2D eigenvalue weighted by Crippen LogP contribution is -2.48. The molecule has 0 aliphatic carbocycles. The van der Waals surface area contributed by atoms with Gasteiger partial charge in [-0.05, 0) is 60.4 Å². The molecule has 0 aliphatic heterocycles. The number of ether oxygens (including phenoxy) is 1. The molecule has 0 saturated heterocycles. The van der Waals surface area contributed by atoms with Gasteiger partial charge in [-0.2, -0.15) is 4.72 Å². The monoisotopic (exact) mass is 472 g/mol. The van der Waals surface area contributed by atoms with Gasteiger partial charge in [0.25, 0.3) is 0 Å². The molecule has 3 rings (SSSR count). The Balaban J connectivity index is 1.69. The van der Waals surface area contributed by atoms with Crippen molar-refractivity contribution in [1.29, 1.82) is 0 Å². The zero-order valence-corrected chi connectivity index (χ0v) is 19.2. The zero-order valence-electron chi connectivity index (χ0n) is 17.6. The van der Waals surface area contributed by atoms with Crippen molar-refractivity contribution in [2.24, 2.45) is 0 Å². The van der Waals surface area contributed by atoms with E-state index in [4.69, 9.17) is 16.3 Å². The molecule has 0 saturated carbocycles. The van der Waals surface area contributed by atoms with Crippen LogP contribution in [0.5, 0.6) is 5.75 Å². The Morgan fingerprint density at radius 1 is 0.938 bits per heavy atom. The highest BCUT2D eigenvalue weighted by Gasteiger charge is 2.26. The SMILES string of the molecule is COc1ccc(CCNC(=O)C(Cc2ccccc2)NS(=O)(=O)c2ccc(Cl)cc2)cc1. The first-order valence-electron chi connectivity index (χ1n) is 10.1. The molecule has 2 N–H and O–H groups in total. The lowest BCUT2D eigenvalue weighted by molar-refractivity contribution is -0.122. The molecule has 0 aromatic heterocycles. The number of hydrogen-bond acceptors (Lipinski definition) is 4. The first-order valence-corrected chi connectivity index (χ1v) is 12.0. The summed E-state index contributed by atoms with van der Waals surface area (Å²) >= 11 is 5.86. The fourth-order valence-corrected chi connectivity index (χ4v) is 4.47. The van der Waals surface area contributed by atoms with Gasteiger partial charge in [0.05, 0.1) is 12.0 Å². The summed E-state index contributed by atoms with van der Waals surface area (Å²) in [5, 5.41) is 3.28. The van der Waals surface area contributed by atoms with Crippen molar-refractivity contribution in [2.45, 2.75) is 23.8 Å². The maximum absolute atomic E-state index is 12.9. The molecule has 0 spiro atoms. The molecule has 3 aromatic rings. The van der Waals surface area contributed by atoms with Crippen molar-refractivity contribution in [3.05, 3.63) is 95.0 Å². The van der Waals surface area contributed by atoms with Crippen LogP contribution in [0, 0.1) is 0 Å². The summed E-state index contributed by atoms with van der Waals surface area (Å²) in [6, 6.07) is 21.7. The summed E-state index contributed by atoms with van der Waals surface area (Å²) in [5.74, 6) is 0.372. The smallest absolute Gasteiger partial charge is 0.241 e. The molecule has 3 aromatic carbocycles. The molecular formula is C24H25ClN2O4S. The third-order valence-electron chi connectivity index (χ3n) is 4.89. The second-order valence-electron chi connectivity index (χ2n) is 7.21. The predicted octanol–water partition coefficient (Wildman–Crippen LogP) is 3.60. The van der Waals surface area contributed by atoms with Crippen LogP contribution in [0.15, 0.2) is 83.8 Å². The van der Waals surface area contributed by atoms with Crippen LogP contribution < -0.4 is 14.8 Å². The Morgan fingerprint density at radius 2 is 1.59 bits per heavy atom. The van der Waals surface area contributed by atoms with Gasteiger partial charge in [0.1, 0.15) is 11.8 Å². The number of carbonyl (C=O) groups is 1. The first kappa shape index (κ1) is 23.8. The van der Waals surface area contributed by atoms with Crippen molar-refractivity contribution < 1.29 is 17.9 Å². The van der Waals surface area contributed by atoms with Crippen LogP contribution in [0.2, 0.25) is 5.02 Å². The highest BCUT2D eigenvalue weighted by Crippen LogP contribution is 2.15. The molecule has 0 bridgehead atoms. The normalized spacial score (nSPS) is 12.2. The summed E-state index contributed by atoms with van der Waals surface area (Å²) in [6.45, 7) is 0.374. The van der Waals surface area contributed by atoms with E-state index >= 15 is 0 Å². The van der Waals surface area contributed by atoms with E-state index in [2.05, 4.69) is 10.0 Å². The largest absolute Gasteiger partial charge is 0.497 e. The molecule has 32 heavy (non-hydrogen) atoms. The lowest BCUT2D eigenvalue weighted by atomic mass is 10.1. The number of hydrogen-bond donors (Lipinski definition) is 2. The maximum Gasteiger partial charge on any atom is 0.241 e. The summed E-state index contributed by atoms with van der Waals surface area (Å²) < 4.78 is 33.4. The van der Waals surface area contributed by atoms with Gasteiger partial charge in [0.2, 0.25) is 15.9 Å². The van der Waals surface area contributed by atoms with Gasteiger partial charge < -0.3 is 10.1 Å². The lowest BCUT2D eigenvalue weighted by Gasteiger charge is -2.19. The number of halogens is 1. The quantitative estimate of drug-likeness (QED) is 0.472. The van der Waals surface area contributed by atoms with Gasteiger partial charge in [0.15, 0.2) is 0 Å². The highest BCUT2D eigenvalue weighted by molar-refractivity contribution is 7.89. The molecule has 1 atom stereocenters. The summed E-state index contributed by atoms with van der Waals surface area (Å²) in [4.78, 5) is 13.0. The average molecular weight is 473 g/mol. The van der Waals surface area contributed by atoms with E-state index in [0.29, 0.717) is 18.0 Å². The topological polar surface area (TPSA) is 84.5 Å². The fraction of sp³-hybridized carbons (Fsp3) is 0.208. The van der Waals surface area contributed by atoms with Gasteiger partial charge in [-0.15, -0.1) is 0 Å². The number of amides is 1. The number of sulfonamides is 1. The fourth-order valence-electron chi connectivity index (χ4n) is 3.15. The third kappa shape index (κ3) is 6.82. The van der Waals surface area contributed by atoms with Crippen LogP contribution in [0.1, 0.15) is 11.1 Å². The molecule has 8 heteroatoms. The van der Waals surface area contributed by atoms with E-state index in [1.165, 1.54) is 24.3 Å². The molecule has 0 aliphatic rings. The van der Waals surface area contributed by atoms with Gasteiger partial charge in [0, 0.05) is 11.6 Å². The molecular weight excluding hydrogens is 448 g/mol. The molecule has 1 amide bonds. The van der Waals surface area contributed by atoms with Gasteiger partial charge in [-0.25, -0.2) is 8.42 Å². The number of nitrogens with one attached hydrogen (secondary N) is 2. The van der Waals surface area contributed by atoms with Crippen molar-refractivity contribution in [1.82, 2.24) is 10.0 Å². The molecule has 1 unspecified atom stereocenters. The number of methoxy groups -OCH3 is 1. The van der Waals surface area contributed by atoms with Crippen LogP contribution in [0.4, 0.5) is 0 Å². The second kappa shape index (κ2) is 11.1. The van der Waals surface area contributed by atoms with E-state index in [1.54, 1.807) is 7.11 Å². The predicted molar refractivity (Wildman–Crippen MR) is 125 cm³/mol. The summed E-state index contributed by atoms with van der Waals surface area (Å²) in [6.07, 6.45) is 0.833. The van der Waals surface area contributed by atoms with Crippen molar-refractivity contribution in [2.75, 3.05) is 13.7 Å². The zero-order chi connectivity index (χ0) is 23.0. The Morgan fingerprint density at radius 3 is 2.22 bits per heavy atom. The summed E-state index contributed by atoms with van der Waals surface area (Å²) in [5.41, 5.74) is 1.88. The Hall–Kier alpha value is -2.87. The van der Waals surface area contributed by atoms with Gasteiger partial charge >= 0.3 is 0 Å². The van der Waals surface area contributed by atoms with Gasteiger partial charge in [-0.1, -0.05) is 54.1 Å².